The van der Waals surface area contributed by atoms with E-state index in [0.717, 1.165) is 18.4 Å². The molecule has 3 rings (SSSR count). The molecule has 0 spiro atoms. The highest BCUT2D eigenvalue weighted by atomic mass is 16.5. The molecule has 1 aliphatic heterocycles. The van der Waals surface area contributed by atoms with Gasteiger partial charge in [0, 0.05) is 19.2 Å². The Balaban J connectivity index is 1.78. The Morgan fingerprint density at radius 1 is 1.00 bits per heavy atom. The van der Waals surface area contributed by atoms with Gasteiger partial charge in [0.15, 0.2) is 18.1 Å². The number of rotatable bonds is 7. The van der Waals surface area contributed by atoms with Crippen LogP contribution in [0.25, 0.3) is 0 Å². The molecule has 0 atom stereocenters. The van der Waals surface area contributed by atoms with Crippen LogP contribution in [0.15, 0.2) is 36.4 Å². The Bertz CT molecular complexity index is 874. The van der Waals surface area contributed by atoms with Crippen molar-refractivity contribution in [3.63, 3.8) is 0 Å². The minimum atomic E-state index is -0.367. The number of methoxy groups -OCH3 is 2. The molecule has 2 aromatic carbocycles. The number of ether oxygens (including phenoxy) is 3. The summed E-state index contributed by atoms with van der Waals surface area (Å²) in [6.45, 7) is 3.22. The van der Waals surface area contributed by atoms with Gasteiger partial charge >= 0.3 is 0 Å². The van der Waals surface area contributed by atoms with Crippen LogP contribution in [0.3, 0.4) is 0 Å². The molecule has 2 aromatic rings. The minimum absolute atomic E-state index is 0.141. The smallest absolute Gasteiger partial charge is 0.262 e. The highest BCUT2D eigenvalue weighted by molar-refractivity contribution is 6.05. The first-order chi connectivity index (χ1) is 14.0. The van der Waals surface area contributed by atoms with E-state index >= 15 is 0 Å². The number of likely N-dealkylation sites (tertiary alicyclic amines) is 1. The quantitative estimate of drug-likeness (QED) is 0.775. The molecule has 29 heavy (non-hydrogen) atoms. The summed E-state index contributed by atoms with van der Waals surface area (Å²) in [6, 6.07) is 10.6. The maximum Gasteiger partial charge on any atom is 0.262 e. The zero-order valence-electron chi connectivity index (χ0n) is 17.0. The first-order valence-corrected chi connectivity index (χ1v) is 9.56. The summed E-state index contributed by atoms with van der Waals surface area (Å²) >= 11 is 0. The summed E-state index contributed by atoms with van der Waals surface area (Å²) in [6.07, 6.45) is 1.95. The molecule has 0 saturated carbocycles. The first kappa shape index (κ1) is 20.5. The van der Waals surface area contributed by atoms with Gasteiger partial charge < -0.3 is 24.4 Å². The Morgan fingerprint density at radius 3 is 2.24 bits per heavy atom. The molecule has 2 amide bonds. The van der Waals surface area contributed by atoms with E-state index in [2.05, 4.69) is 5.32 Å². The number of anilines is 1. The van der Waals surface area contributed by atoms with Crippen molar-refractivity contribution in [3.8, 4) is 17.2 Å². The predicted octanol–water partition coefficient (Wildman–Crippen LogP) is 3.27. The lowest BCUT2D eigenvalue weighted by atomic mass is 10.1. The molecular formula is C22H26N2O5. The third-order valence-electron chi connectivity index (χ3n) is 4.81. The van der Waals surface area contributed by atoms with Crippen molar-refractivity contribution < 1.29 is 23.8 Å². The Hall–Kier alpha value is -3.22. The number of nitrogens with zero attached hydrogens (tertiary/aromatic N) is 1. The number of nitrogens with one attached hydrogen (secondary N) is 1. The monoisotopic (exact) mass is 398 g/mol. The lowest BCUT2D eigenvalue weighted by Gasteiger charge is -2.20. The molecule has 0 aliphatic carbocycles. The average molecular weight is 398 g/mol. The van der Waals surface area contributed by atoms with Crippen LogP contribution in [0.5, 0.6) is 17.2 Å². The van der Waals surface area contributed by atoms with Gasteiger partial charge in [-0.2, -0.15) is 0 Å². The van der Waals surface area contributed by atoms with E-state index in [-0.39, 0.29) is 18.4 Å². The fraction of sp³-hybridized carbons (Fsp3) is 0.364. The lowest BCUT2D eigenvalue weighted by Crippen LogP contribution is -2.29. The molecule has 1 aliphatic rings. The predicted molar refractivity (Wildman–Crippen MR) is 110 cm³/mol. The van der Waals surface area contributed by atoms with Crippen LogP contribution in [0, 0.1) is 6.92 Å². The molecule has 7 heteroatoms. The summed E-state index contributed by atoms with van der Waals surface area (Å²) in [5.41, 5.74) is 1.85. The van der Waals surface area contributed by atoms with E-state index in [1.165, 1.54) is 14.2 Å². The Kier molecular flexibility index (Phi) is 6.59. The third-order valence-corrected chi connectivity index (χ3v) is 4.81. The number of hydrogen-bond acceptors (Lipinski definition) is 5. The summed E-state index contributed by atoms with van der Waals surface area (Å²) in [4.78, 5) is 27.2. The van der Waals surface area contributed by atoms with Crippen LogP contribution in [0.1, 0.15) is 28.8 Å². The van der Waals surface area contributed by atoms with E-state index < -0.39 is 0 Å². The second-order valence-corrected chi connectivity index (χ2v) is 6.90. The SMILES string of the molecule is COc1cc(NC(=O)COc2ccc(C)cc2)c(C(=O)N2CCCC2)cc1OC. The van der Waals surface area contributed by atoms with E-state index in [0.29, 0.717) is 41.6 Å². The van der Waals surface area contributed by atoms with Crippen molar-refractivity contribution in [1.82, 2.24) is 4.90 Å². The third kappa shape index (κ3) is 4.99. The second-order valence-electron chi connectivity index (χ2n) is 6.90. The number of aryl methyl sites for hydroxylation is 1. The average Bonchev–Trinajstić information content (AvgIpc) is 3.27. The van der Waals surface area contributed by atoms with Crippen molar-refractivity contribution >= 4 is 17.5 Å². The fourth-order valence-electron chi connectivity index (χ4n) is 3.22. The molecule has 1 N–H and O–H groups in total. The maximum atomic E-state index is 13.0. The summed E-state index contributed by atoms with van der Waals surface area (Å²) < 4.78 is 16.2. The van der Waals surface area contributed by atoms with Crippen LogP contribution in [0.2, 0.25) is 0 Å². The van der Waals surface area contributed by atoms with Crippen LogP contribution in [-0.2, 0) is 4.79 Å². The normalized spacial score (nSPS) is 13.1. The van der Waals surface area contributed by atoms with E-state index in [4.69, 9.17) is 14.2 Å². The second kappa shape index (κ2) is 9.32. The minimum Gasteiger partial charge on any atom is -0.493 e. The lowest BCUT2D eigenvalue weighted by molar-refractivity contribution is -0.118. The van der Waals surface area contributed by atoms with Gasteiger partial charge in [0.2, 0.25) is 0 Å². The van der Waals surface area contributed by atoms with E-state index in [1.54, 1.807) is 29.2 Å². The standard InChI is InChI=1S/C22H26N2O5/c1-15-6-8-16(9-7-15)29-14-21(25)23-18-13-20(28-3)19(27-2)12-17(18)22(26)24-10-4-5-11-24/h6-9,12-13H,4-5,10-11,14H2,1-3H3,(H,23,25). The van der Waals surface area contributed by atoms with Crippen molar-refractivity contribution in [2.75, 3.05) is 39.2 Å². The maximum absolute atomic E-state index is 13.0. The Morgan fingerprint density at radius 2 is 1.62 bits per heavy atom. The largest absolute Gasteiger partial charge is 0.493 e. The van der Waals surface area contributed by atoms with Crippen molar-refractivity contribution in [1.29, 1.82) is 0 Å². The molecule has 0 bridgehead atoms. The highest BCUT2D eigenvalue weighted by Crippen LogP contribution is 2.34. The van der Waals surface area contributed by atoms with Crippen LogP contribution in [0.4, 0.5) is 5.69 Å². The topological polar surface area (TPSA) is 77.1 Å². The first-order valence-electron chi connectivity index (χ1n) is 9.56. The van der Waals surface area contributed by atoms with Gasteiger partial charge in [0.25, 0.3) is 11.8 Å². The molecule has 7 nitrogen and oxygen atoms in total. The molecule has 0 radical (unpaired) electrons. The van der Waals surface area contributed by atoms with E-state index in [9.17, 15) is 9.59 Å². The molecular weight excluding hydrogens is 372 g/mol. The van der Waals surface area contributed by atoms with E-state index in [1.807, 2.05) is 19.1 Å². The van der Waals surface area contributed by atoms with Gasteiger partial charge in [0.1, 0.15) is 5.75 Å². The molecule has 154 valence electrons. The zero-order valence-corrected chi connectivity index (χ0v) is 17.0. The van der Waals surface area contributed by atoms with Crippen molar-refractivity contribution in [2.24, 2.45) is 0 Å². The number of hydrogen-bond donors (Lipinski definition) is 1. The van der Waals surface area contributed by atoms with Crippen molar-refractivity contribution in [2.45, 2.75) is 19.8 Å². The van der Waals surface area contributed by atoms with Gasteiger partial charge in [-0.3, -0.25) is 9.59 Å². The summed E-state index contributed by atoms with van der Waals surface area (Å²) in [5, 5.41) is 2.78. The fourth-order valence-corrected chi connectivity index (χ4v) is 3.22. The van der Waals surface area contributed by atoms with Gasteiger partial charge in [-0.25, -0.2) is 0 Å². The molecule has 1 heterocycles. The van der Waals surface area contributed by atoms with Crippen LogP contribution in [-0.4, -0.2) is 50.6 Å². The summed E-state index contributed by atoms with van der Waals surface area (Å²) in [7, 11) is 3.02. The van der Waals surface area contributed by atoms with Crippen LogP contribution < -0.4 is 19.5 Å². The van der Waals surface area contributed by atoms with Crippen LogP contribution >= 0.6 is 0 Å². The van der Waals surface area contributed by atoms with Crippen molar-refractivity contribution in [3.05, 3.63) is 47.5 Å². The number of benzene rings is 2. The molecule has 1 saturated heterocycles. The highest BCUT2D eigenvalue weighted by Gasteiger charge is 2.25. The summed E-state index contributed by atoms with van der Waals surface area (Å²) in [5.74, 6) is 0.960. The van der Waals surface area contributed by atoms with Gasteiger partial charge in [-0.05, 0) is 38.0 Å². The molecule has 0 aromatic heterocycles. The molecule has 0 unspecified atom stereocenters. The van der Waals surface area contributed by atoms with Gasteiger partial charge in [-0.1, -0.05) is 17.7 Å². The number of amides is 2. The number of carbonyl (C=O) groups excluding carboxylic acids is 2. The van der Waals surface area contributed by atoms with Gasteiger partial charge in [-0.15, -0.1) is 0 Å². The number of carbonyl (C=O) groups is 2. The Labute approximate surface area is 170 Å². The zero-order chi connectivity index (χ0) is 20.8. The van der Waals surface area contributed by atoms with Gasteiger partial charge in [0.05, 0.1) is 25.5 Å². The molecule has 1 fully saturated rings.